The number of carboxylic acid groups (broad SMARTS) is 1. The fourth-order valence-electron chi connectivity index (χ4n) is 4.85. The Morgan fingerprint density at radius 2 is 1.79 bits per heavy atom. The molecular formula is C29H26ClF3N2O3. The van der Waals surface area contributed by atoms with Crippen LogP contribution in [0.5, 0.6) is 5.75 Å². The lowest BCUT2D eigenvalue weighted by atomic mass is 9.99. The van der Waals surface area contributed by atoms with Gasteiger partial charge in [-0.1, -0.05) is 42.5 Å². The van der Waals surface area contributed by atoms with Crippen molar-refractivity contribution < 1.29 is 27.8 Å². The number of rotatable bonds is 7. The van der Waals surface area contributed by atoms with Gasteiger partial charge in [0.2, 0.25) is 0 Å². The summed E-state index contributed by atoms with van der Waals surface area (Å²) in [5.74, 6) is -4.37. The van der Waals surface area contributed by atoms with E-state index in [0.29, 0.717) is 18.7 Å². The van der Waals surface area contributed by atoms with Crippen LogP contribution in [-0.4, -0.2) is 30.3 Å². The summed E-state index contributed by atoms with van der Waals surface area (Å²) in [4.78, 5) is 13.0. The molecule has 2 N–H and O–H groups in total. The molecule has 0 saturated heterocycles. The number of nitrogens with one attached hydrogen (secondary N) is 1. The summed E-state index contributed by atoms with van der Waals surface area (Å²) in [7, 11) is 0. The molecule has 1 aliphatic rings. The Kier molecular flexibility index (Phi) is 8.14. The average Bonchev–Trinajstić information content (AvgIpc) is 2.87. The highest BCUT2D eigenvalue weighted by Crippen LogP contribution is 2.41. The number of hydrogen-bond donors (Lipinski definition) is 2. The van der Waals surface area contributed by atoms with Gasteiger partial charge < -0.3 is 20.1 Å². The van der Waals surface area contributed by atoms with E-state index in [1.54, 1.807) is 0 Å². The van der Waals surface area contributed by atoms with E-state index in [4.69, 9.17) is 4.74 Å². The normalized spacial score (nSPS) is 15.4. The second-order valence-corrected chi connectivity index (χ2v) is 9.06. The van der Waals surface area contributed by atoms with Crippen molar-refractivity contribution in [1.82, 2.24) is 5.32 Å². The highest BCUT2D eigenvalue weighted by Gasteiger charge is 2.31. The zero-order chi connectivity index (χ0) is 26.1. The van der Waals surface area contributed by atoms with E-state index < -0.39 is 35.1 Å². The van der Waals surface area contributed by atoms with Gasteiger partial charge >= 0.3 is 5.97 Å². The lowest BCUT2D eigenvalue weighted by molar-refractivity contribution is 0.0686. The minimum absolute atomic E-state index is 0. The quantitative estimate of drug-likeness (QED) is 0.263. The van der Waals surface area contributed by atoms with Crippen molar-refractivity contribution in [1.29, 1.82) is 0 Å². The predicted octanol–water partition coefficient (Wildman–Crippen LogP) is 7.02. The minimum Gasteiger partial charge on any atom is -0.486 e. The Morgan fingerprint density at radius 3 is 2.58 bits per heavy atom. The zero-order valence-corrected chi connectivity index (χ0v) is 21.3. The second-order valence-electron chi connectivity index (χ2n) is 9.06. The first-order chi connectivity index (χ1) is 17.8. The number of aromatic carboxylic acids is 1. The van der Waals surface area contributed by atoms with Crippen molar-refractivity contribution in [2.24, 2.45) is 0 Å². The van der Waals surface area contributed by atoms with Crippen molar-refractivity contribution >= 4 is 40.5 Å². The molecule has 5 nitrogen and oxygen atoms in total. The number of carbonyl (C=O) groups is 1. The summed E-state index contributed by atoms with van der Waals surface area (Å²) in [5, 5.41) is 15.1. The van der Waals surface area contributed by atoms with Crippen molar-refractivity contribution in [2.45, 2.75) is 25.5 Å². The molecule has 0 amide bonds. The third-order valence-electron chi connectivity index (χ3n) is 6.67. The van der Waals surface area contributed by atoms with Crippen LogP contribution in [0.15, 0.2) is 72.8 Å². The zero-order valence-electron chi connectivity index (χ0n) is 20.5. The van der Waals surface area contributed by atoms with Gasteiger partial charge in [0.05, 0.1) is 17.9 Å². The maximum Gasteiger partial charge on any atom is 0.341 e. The number of halogens is 4. The summed E-state index contributed by atoms with van der Waals surface area (Å²) in [6.45, 7) is 2.80. The van der Waals surface area contributed by atoms with Gasteiger partial charge in [0.25, 0.3) is 0 Å². The molecule has 2 atom stereocenters. The first-order valence-electron chi connectivity index (χ1n) is 12.0. The fraction of sp³-hybridized carbons (Fsp3) is 0.207. The number of carboxylic acids is 1. The number of ether oxygens (including phenoxy) is 1. The van der Waals surface area contributed by atoms with E-state index in [1.807, 2.05) is 18.2 Å². The highest BCUT2D eigenvalue weighted by atomic mass is 35.5. The first kappa shape index (κ1) is 27.3. The van der Waals surface area contributed by atoms with E-state index in [1.165, 1.54) is 29.2 Å². The van der Waals surface area contributed by atoms with Crippen LogP contribution >= 0.6 is 12.4 Å². The van der Waals surface area contributed by atoms with Gasteiger partial charge in [-0.25, -0.2) is 18.0 Å². The van der Waals surface area contributed by atoms with Gasteiger partial charge in [-0.05, 0) is 60.5 Å². The van der Waals surface area contributed by atoms with Crippen molar-refractivity contribution in [3.8, 4) is 5.75 Å². The Bertz CT molecular complexity index is 1480. The smallest absolute Gasteiger partial charge is 0.341 e. The molecule has 0 radical (unpaired) electrons. The molecule has 0 spiro atoms. The first-order valence-corrected chi connectivity index (χ1v) is 12.0. The summed E-state index contributed by atoms with van der Waals surface area (Å²) in [5.41, 5.74) is 0.384. The number of hydrogen-bond acceptors (Lipinski definition) is 4. The van der Waals surface area contributed by atoms with E-state index in [2.05, 4.69) is 36.5 Å². The second kappa shape index (κ2) is 11.3. The van der Waals surface area contributed by atoms with Crippen molar-refractivity contribution in [2.75, 3.05) is 18.0 Å². The molecule has 9 heteroatoms. The lowest BCUT2D eigenvalue weighted by Gasteiger charge is -2.37. The fourth-order valence-corrected chi connectivity index (χ4v) is 4.85. The summed E-state index contributed by atoms with van der Waals surface area (Å²) < 4.78 is 49.2. The minimum atomic E-state index is -1.70. The Balaban J connectivity index is 0.00000336. The van der Waals surface area contributed by atoms with Crippen molar-refractivity contribution in [3.05, 3.63) is 101 Å². The summed E-state index contributed by atoms with van der Waals surface area (Å²) >= 11 is 0. The molecule has 0 bridgehead atoms. The number of anilines is 2. The van der Waals surface area contributed by atoms with E-state index in [-0.39, 0.29) is 36.4 Å². The number of fused-ring (bicyclic) bond motifs is 2. The van der Waals surface area contributed by atoms with Gasteiger partial charge in [0, 0.05) is 12.1 Å². The molecule has 38 heavy (non-hydrogen) atoms. The Hall–Kier alpha value is -3.75. The highest BCUT2D eigenvalue weighted by molar-refractivity contribution is 5.90. The van der Waals surface area contributed by atoms with Crippen LogP contribution in [0.1, 0.15) is 35.3 Å². The van der Waals surface area contributed by atoms with E-state index in [9.17, 15) is 18.7 Å². The van der Waals surface area contributed by atoms with Gasteiger partial charge in [-0.15, -0.1) is 12.4 Å². The van der Waals surface area contributed by atoms with Crippen molar-refractivity contribution in [3.63, 3.8) is 0 Å². The average molecular weight is 543 g/mol. The molecule has 1 heterocycles. The molecule has 0 aliphatic carbocycles. The monoisotopic (exact) mass is 542 g/mol. The molecule has 1 unspecified atom stereocenters. The molecule has 0 aromatic heterocycles. The maximum atomic E-state index is 15.2. The molecule has 0 fully saturated rings. The summed E-state index contributed by atoms with van der Waals surface area (Å²) in [6.07, 6.45) is 0.0511. The number of benzene rings is 4. The topological polar surface area (TPSA) is 61.8 Å². The lowest BCUT2D eigenvalue weighted by Crippen LogP contribution is -2.39. The van der Waals surface area contributed by atoms with Crippen LogP contribution in [-0.2, 0) is 0 Å². The van der Waals surface area contributed by atoms with Gasteiger partial charge in [0.15, 0.2) is 5.82 Å². The molecule has 1 aliphatic heterocycles. The molecular weight excluding hydrogens is 517 g/mol. The standard InChI is InChI=1S/C29H25F3N2O3.ClH/c1-17(21-8-4-6-18-5-2-3-7-22(18)21)33-14-13-20-16-34(24-11-9-19(30)15-26(24)37-20)25-12-10-23(31)27(28(25)32)29(35)36;/h2-12,15,17,20,33H,13-14,16H2,1H3,(H,35,36);1H/t17-,20?;/m1./s1. The number of nitrogens with zero attached hydrogens (tertiary/aromatic N) is 1. The van der Waals surface area contributed by atoms with E-state index in [0.717, 1.165) is 22.4 Å². The third-order valence-corrected chi connectivity index (χ3v) is 6.67. The molecule has 5 rings (SSSR count). The molecule has 198 valence electrons. The van der Waals surface area contributed by atoms with Crippen LogP contribution in [0.2, 0.25) is 0 Å². The van der Waals surface area contributed by atoms with Crippen LogP contribution < -0.4 is 15.0 Å². The van der Waals surface area contributed by atoms with Crippen LogP contribution in [0.4, 0.5) is 24.5 Å². The predicted molar refractivity (Wildman–Crippen MR) is 143 cm³/mol. The third kappa shape index (κ3) is 5.28. The SMILES string of the molecule is C[C@@H](NCCC1CN(c2ccc(F)c(C(=O)O)c2F)c2ccc(F)cc2O1)c1cccc2ccccc12.Cl. The van der Waals surface area contributed by atoms with Gasteiger partial charge in [-0.2, -0.15) is 0 Å². The van der Waals surface area contributed by atoms with E-state index >= 15 is 4.39 Å². The van der Waals surface area contributed by atoms with Gasteiger partial charge in [-0.3, -0.25) is 0 Å². The maximum absolute atomic E-state index is 15.2. The largest absolute Gasteiger partial charge is 0.486 e. The van der Waals surface area contributed by atoms with Gasteiger partial charge in [0.1, 0.15) is 29.1 Å². The Morgan fingerprint density at radius 1 is 1.05 bits per heavy atom. The van der Waals surface area contributed by atoms with Crippen LogP contribution in [0.3, 0.4) is 0 Å². The molecule has 0 saturated carbocycles. The molecule has 4 aromatic rings. The van der Waals surface area contributed by atoms with Crippen LogP contribution in [0.25, 0.3) is 10.8 Å². The van der Waals surface area contributed by atoms with Crippen LogP contribution in [0, 0.1) is 17.5 Å². The Labute approximate surface area is 224 Å². The molecule has 4 aromatic carbocycles. The summed E-state index contributed by atoms with van der Waals surface area (Å²) in [6, 6.07) is 20.3.